The molecule has 1 heterocycles. The number of aromatic nitrogens is 2. The SMILES string of the molecule is CCCOCCNc1cc(C2CC(N)C2)nc(N)n1. The van der Waals surface area contributed by atoms with Crippen LogP contribution in [0, 0.1) is 0 Å². The third-order valence-corrected chi connectivity index (χ3v) is 3.26. The second kappa shape index (κ2) is 6.68. The van der Waals surface area contributed by atoms with Crippen molar-refractivity contribution in [3.8, 4) is 0 Å². The number of rotatable bonds is 7. The third-order valence-electron chi connectivity index (χ3n) is 3.26. The molecule has 6 nitrogen and oxygen atoms in total. The summed E-state index contributed by atoms with van der Waals surface area (Å²) >= 11 is 0. The normalized spacial score (nSPS) is 22.0. The van der Waals surface area contributed by atoms with Crippen molar-refractivity contribution in [2.45, 2.75) is 38.1 Å². The Balaban J connectivity index is 1.86. The van der Waals surface area contributed by atoms with Crippen molar-refractivity contribution in [3.05, 3.63) is 11.8 Å². The fourth-order valence-electron chi connectivity index (χ4n) is 2.19. The van der Waals surface area contributed by atoms with Crippen molar-refractivity contribution in [1.29, 1.82) is 0 Å². The lowest BCUT2D eigenvalue weighted by Crippen LogP contribution is -2.35. The van der Waals surface area contributed by atoms with Crippen molar-refractivity contribution in [2.75, 3.05) is 30.8 Å². The fourth-order valence-corrected chi connectivity index (χ4v) is 2.19. The highest BCUT2D eigenvalue weighted by atomic mass is 16.5. The summed E-state index contributed by atoms with van der Waals surface area (Å²) in [5.74, 6) is 1.51. The van der Waals surface area contributed by atoms with Crippen LogP contribution >= 0.6 is 0 Å². The summed E-state index contributed by atoms with van der Waals surface area (Å²) < 4.78 is 5.41. The van der Waals surface area contributed by atoms with Crippen LogP contribution < -0.4 is 16.8 Å². The van der Waals surface area contributed by atoms with Crippen LogP contribution in [0.2, 0.25) is 0 Å². The van der Waals surface area contributed by atoms with Crippen LogP contribution in [-0.2, 0) is 4.74 Å². The molecule has 1 fully saturated rings. The fraction of sp³-hybridized carbons (Fsp3) is 0.692. The first kappa shape index (κ1) is 14.0. The molecule has 0 aromatic carbocycles. The number of nitrogens with one attached hydrogen (secondary N) is 1. The molecule has 0 spiro atoms. The van der Waals surface area contributed by atoms with Gasteiger partial charge in [-0.3, -0.25) is 0 Å². The van der Waals surface area contributed by atoms with Gasteiger partial charge in [-0.1, -0.05) is 6.92 Å². The zero-order valence-corrected chi connectivity index (χ0v) is 11.4. The number of nitrogens with two attached hydrogens (primary N) is 2. The molecule has 0 unspecified atom stereocenters. The van der Waals surface area contributed by atoms with E-state index in [-0.39, 0.29) is 0 Å². The molecule has 2 rings (SSSR count). The molecule has 1 aromatic rings. The van der Waals surface area contributed by atoms with Gasteiger partial charge in [-0.25, -0.2) is 4.98 Å². The van der Waals surface area contributed by atoms with E-state index in [1.807, 2.05) is 6.07 Å². The maximum Gasteiger partial charge on any atom is 0.222 e. The van der Waals surface area contributed by atoms with E-state index in [4.69, 9.17) is 16.2 Å². The third kappa shape index (κ3) is 4.04. The standard InChI is InChI=1S/C13H23N5O/c1-2-4-19-5-3-16-12-8-11(17-13(15)18-12)9-6-10(14)7-9/h8-10H,2-7,14H2,1H3,(H3,15,16,17,18). The van der Waals surface area contributed by atoms with Gasteiger partial charge in [0.05, 0.1) is 12.3 Å². The van der Waals surface area contributed by atoms with Gasteiger partial charge in [-0.15, -0.1) is 0 Å². The summed E-state index contributed by atoms with van der Waals surface area (Å²) in [6.07, 6.45) is 3.00. The number of hydrogen-bond acceptors (Lipinski definition) is 6. The topological polar surface area (TPSA) is 99.1 Å². The molecule has 1 aliphatic rings. The molecule has 1 saturated carbocycles. The lowest BCUT2D eigenvalue weighted by molar-refractivity contribution is 0.144. The van der Waals surface area contributed by atoms with Crippen LogP contribution in [0.1, 0.15) is 37.8 Å². The molecule has 0 amide bonds. The van der Waals surface area contributed by atoms with E-state index in [1.54, 1.807) is 0 Å². The maximum absolute atomic E-state index is 5.80. The first-order chi connectivity index (χ1) is 9.19. The Labute approximate surface area is 113 Å². The van der Waals surface area contributed by atoms with Crippen molar-refractivity contribution < 1.29 is 4.74 Å². The van der Waals surface area contributed by atoms with Gasteiger partial charge in [0.2, 0.25) is 5.95 Å². The summed E-state index contributed by atoms with van der Waals surface area (Å²) in [5.41, 5.74) is 12.5. The lowest BCUT2D eigenvalue weighted by atomic mass is 9.78. The number of nitrogens with zero attached hydrogens (tertiary/aromatic N) is 2. The first-order valence-corrected chi connectivity index (χ1v) is 6.90. The average molecular weight is 265 g/mol. The molecule has 0 radical (unpaired) electrons. The van der Waals surface area contributed by atoms with E-state index in [9.17, 15) is 0 Å². The van der Waals surface area contributed by atoms with E-state index in [0.29, 0.717) is 24.5 Å². The summed E-state index contributed by atoms with van der Waals surface area (Å²) in [5, 5.41) is 3.21. The predicted molar refractivity (Wildman–Crippen MR) is 76.0 cm³/mol. The van der Waals surface area contributed by atoms with Crippen LogP contribution in [0.15, 0.2) is 6.07 Å². The van der Waals surface area contributed by atoms with Gasteiger partial charge in [0.15, 0.2) is 0 Å². The van der Waals surface area contributed by atoms with E-state index >= 15 is 0 Å². The average Bonchev–Trinajstić information content (AvgIpc) is 2.34. The van der Waals surface area contributed by atoms with E-state index in [0.717, 1.165) is 43.9 Å². The molecule has 19 heavy (non-hydrogen) atoms. The summed E-state index contributed by atoms with van der Waals surface area (Å²) in [4.78, 5) is 8.47. The summed E-state index contributed by atoms with van der Waals surface area (Å²) in [7, 11) is 0. The zero-order chi connectivity index (χ0) is 13.7. The number of ether oxygens (including phenoxy) is 1. The van der Waals surface area contributed by atoms with Gasteiger partial charge in [0.25, 0.3) is 0 Å². The van der Waals surface area contributed by atoms with Crippen LogP contribution in [0.5, 0.6) is 0 Å². The smallest absolute Gasteiger partial charge is 0.222 e. The Morgan fingerprint density at radius 3 is 2.84 bits per heavy atom. The van der Waals surface area contributed by atoms with Crippen molar-refractivity contribution >= 4 is 11.8 Å². The highest BCUT2D eigenvalue weighted by molar-refractivity contribution is 5.41. The van der Waals surface area contributed by atoms with Crippen LogP contribution in [0.25, 0.3) is 0 Å². The Kier molecular flexibility index (Phi) is 4.93. The minimum absolute atomic E-state index is 0.306. The van der Waals surface area contributed by atoms with Gasteiger partial charge in [0.1, 0.15) is 5.82 Å². The Morgan fingerprint density at radius 2 is 2.16 bits per heavy atom. The van der Waals surface area contributed by atoms with E-state index < -0.39 is 0 Å². The Morgan fingerprint density at radius 1 is 1.37 bits per heavy atom. The minimum atomic E-state index is 0.306. The van der Waals surface area contributed by atoms with Crippen molar-refractivity contribution in [1.82, 2.24) is 9.97 Å². The molecular formula is C13H23N5O. The Hall–Kier alpha value is -1.40. The minimum Gasteiger partial charge on any atom is -0.380 e. The molecule has 1 aliphatic carbocycles. The second-order valence-corrected chi connectivity index (χ2v) is 5.00. The van der Waals surface area contributed by atoms with E-state index in [1.165, 1.54) is 0 Å². The monoisotopic (exact) mass is 265 g/mol. The van der Waals surface area contributed by atoms with Crippen LogP contribution in [0.4, 0.5) is 11.8 Å². The van der Waals surface area contributed by atoms with E-state index in [2.05, 4.69) is 22.2 Å². The summed E-state index contributed by atoms with van der Waals surface area (Å²) in [6.45, 7) is 4.27. The number of nitrogen functional groups attached to an aromatic ring is 1. The second-order valence-electron chi connectivity index (χ2n) is 5.00. The van der Waals surface area contributed by atoms with Crippen LogP contribution in [0.3, 0.4) is 0 Å². The Bertz CT molecular complexity index is 406. The molecule has 0 atom stereocenters. The molecule has 0 saturated heterocycles. The lowest BCUT2D eigenvalue weighted by Gasteiger charge is -2.32. The number of anilines is 2. The molecule has 0 aliphatic heterocycles. The van der Waals surface area contributed by atoms with Gasteiger partial charge in [-0.2, -0.15) is 4.98 Å². The summed E-state index contributed by atoms with van der Waals surface area (Å²) in [6, 6.07) is 2.27. The highest BCUT2D eigenvalue weighted by Crippen LogP contribution is 2.35. The molecule has 1 aromatic heterocycles. The largest absolute Gasteiger partial charge is 0.380 e. The molecular weight excluding hydrogens is 242 g/mol. The van der Waals surface area contributed by atoms with Crippen molar-refractivity contribution in [2.24, 2.45) is 5.73 Å². The van der Waals surface area contributed by atoms with Gasteiger partial charge >= 0.3 is 0 Å². The van der Waals surface area contributed by atoms with Crippen LogP contribution in [-0.4, -0.2) is 35.8 Å². The van der Waals surface area contributed by atoms with Gasteiger partial charge in [0, 0.05) is 31.2 Å². The molecule has 5 N–H and O–H groups in total. The molecule has 6 heteroatoms. The van der Waals surface area contributed by atoms with Gasteiger partial charge < -0.3 is 21.5 Å². The quantitative estimate of drug-likeness (QED) is 0.638. The molecule has 0 bridgehead atoms. The predicted octanol–water partition coefficient (Wildman–Crippen LogP) is 1.10. The number of hydrogen-bond donors (Lipinski definition) is 3. The first-order valence-electron chi connectivity index (χ1n) is 6.90. The maximum atomic E-state index is 5.80. The highest BCUT2D eigenvalue weighted by Gasteiger charge is 2.28. The van der Waals surface area contributed by atoms with Crippen molar-refractivity contribution in [3.63, 3.8) is 0 Å². The van der Waals surface area contributed by atoms with Gasteiger partial charge in [-0.05, 0) is 19.3 Å². The molecule has 106 valence electrons. The zero-order valence-electron chi connectivity index (χ0n) is 11.4.